The molecule has 0 spiro atoms. The second kappa shape index (κ2) is 6.91. The molecule has 0 saturated heterocycles. The minimum atomic E-state index is 0.109. The number of hydrogen-bond donors (Lipinski definition) is 1. The van der Waals surface area contributed by atoms with Crippen LogP contribution < -0.4 is 5.32 Å². The molecule has 0 bridgehead atoms. The van der Waals surface area contributed by atoms with E-state index in [1.54, 1.807) is 7.11 Å². The number of ether oxygens (including phenoxy) is 1. The normalized spacial score (nSPS) is 14.6. The molecule has 1 aromatic carbocycles. The molecule has 0 aliphatic carbocycles. The van der Waals surface area contributed by atoms with Crippen LogP contribution in [0.5, 0.6) is 0 Å². The lowest BCUT2D eigenvalue weighted by Gasteiger charge is -2.24. The molecule has 110 valence electrons. The van der Waals surface area contributed by atoms with Crippen molar-refractivity contribution in [1.82, 2.24) is 5.32 Å². The van der Waals surface area contributed by atoms with Crippen molar-refractivity contribution in [3.8, 4) is 0 Å². The van der Waals surface area contributed by atoms with Gasteiger partial charge in [0.1, 0.15) is 11.3 Å². The van der Waals surface area contributed by atoms with Crippen LogP contribution in [0.4, 0.5) is 0 Å². The van der Waals surface area contributed by atoms with Gasteiger partial charge in [0.15, 0.2) is 0 Å². The van der Waals surface area contributed by atoms with Crippen LogP contribution in [0.3, 0.4) is 0 Å². The number of furan rings is 1. The highest BCUT2D eigenvalue weighted by Crippen LogP contribution is 2.28. The predicted molar refractivity (Wildman–Crippen MR) is 83.1 cm³/mol. The van der Waals surface area contributed by atoms with E-state index < -0.39 is 0 Å². The molecule has 1 aromatic heterocycles. The summed E-state index contributed by atoms with van der Waals surface area (Å²) in [5.41, 5.74) is 2.20. The summed E-state index contributed by atoms with van der Waals surface area (Å²) < 4.78 is 11.6. The molecule has 2 unspecified atom stereocenters. The summed E-state index contributed by atoms with van der Waals surface area (Å²) in [4.78, 5) is 0. The highest BCUT2D eigenvalue weighted by atomic mass is 16.5. The Morgan fingerprint density at radius 2 is 2.05 bits per heavy atom. The predicted octanol–water partition coefficient (Wildman–Crippen LogP) is 4.21. The number of methoxy groups -OCH3 is 1. The highest BCUT2D eigenvalue weighted by Gasteiger charge is 2.24. The number of fused-ring (bicyclic) bond motifs is 1. The first-order valence-electron chi connectivity index (χ1n) is 7.45. The molecule has 2 aromatic rings. The molecule has 2 atom stereocenters. The van der Waals surface area contributed by atoms with Crippen molar-refractivity contribution < 1.29 is 9.15 Å². The summed E-state index contributed by atoms with van der Waals surface area (Å²) in [6.45, 7) is 7.37. The second-order valence-corrected chi connectivity index (χ2v) is 5.30. The molecule has 0 aliphatic rings. The quantitative estimate of drug-likeness (QED) is 0.822. The van der Waals surface area contributed by atoms with E-state index in [1.807, 2.05) is 6.07 Å². The molecule has 0 fully saturated rings. The van der Waals surface area contributed by atoms with Crippen molar-refractivity contribution in [2.24, 2.45) is 0 Å². The van der Waals surface area contributed by atoms with Crippen molar-refractivity contribution in [3.05, 3.63) is 35.6 Å². The van der Waals surface area contributed by atoms with Gasteiger partial charge in [-0.2, -0.15) is 0 Å². The van der Waals surface area contributed by atoms with E-state index in [1.165, 1.54) is 5.56 Å². The molecule has 0 saturated carbocycles. The zero-order chi connectivity index (χ0) is 14.5. The fourth-order valence-corrected chi connectivity index (χ4v) is 2.59. The average Bonchev–Trinajstić information content (AvgIpc) is 2.86. The van der Waals surface area contributed by atoms with E-state index in [4.69, 9.17) is 9.15 Å². The molecular weight excluding hydrogens is 250 g/mol. The number of rotatable bonds is 7. The SMILES string of the molecule is CCCNC(c1cc2cc(C)ccc2o1)C(CC)OC. The molecule has 3 nitrogen and oxygen atoms in total. The topological polar surface area (TPSA) is 34.4 Å². The van der Waals surface area contributed by atoms with Crippen LogP contribution in [0.1, 0.15) is 44.1 Å². The van der Waals surface area contributed by atoms with Crippen molar-refractivity contribution in [2.75, 3.05) is 13.7 Å². The Morgan fingerprint density at radius 3 is 2.70 bits per heavy atom. The Balaban J connectivity index is 2.33. The summed E-state index contributed by atoms with van der Waals surface area (Å²) in [7, 11) is 1.77. The molecule has 1 N–H and O–H groups in total. The first-order valence-corrected chi connectivity index (χ1v) is 7.45. The molecule has 3 heteroatoms. The van der Waals surface area contributed by atoms with Gasteiger partial charge in [-0.1, -0.05) is 25.5 Å². The first-order chi connectivity index (χ1) is 9.69. The van der Waals surface area contributed by atoms with Gasteiger partial charge in [0.25, 0.3) is 0 Å². The number of benzene rings is 1. The third-order valence-electron chi connectivity index (χ3n) is 3.69. The highest BCUT2D eigenvalue weighted by molar-refractivity contribution is 5.78. The number of nitrogens with one attached hydrogen (secondary N) is 1. The Labute approximate surface area is 121 Å². The molecule has 0 amide bonds. The van der Waals surface area contributed by atoms with Gasteiger partial charge in [0.2, 0.25) is 0 Å². The van der Waals surface area contributed by atoms with Gasteiger partial charge in [0.05, 0.1) is 12.1 Å². The van der Waals surface area contributed by atoms with Crippen LogP contribution in [0, 0.1) is 6.92 Å². The van der Waals surface area contributed by atoms with E-state index in [0.29, 0.717) is 0 Å². The van der Waals surface area contributed by atoms with Gasteiger partial charge in [-0.3, -0.25) is 0 Å². The van der Waals surface area contributed by atoms with Gasteiger partial charge < -0.3 is 14.5 Å². The maximum absolute atomic E-state index is 6.02. The van der Waals surface area contributed by atoms with E-state index >= 15 is 0 Å². The molecule has 1 heterocycles. The third-order valence-corrected chi connectivity index (χ3v) is 3.69. The Bertz CT molecular complexity index is 543. The fourth-order valence-electron chi connectivity index (χ4n) is 2.59. The monoisotopic (exact) mass is 275 g/mol. The molecule has 0 radical (unpaired) electrons. The van der Waals surface area contributed by atoms with Crippen molar-refractivity contribution in [1.29, 1.82) is 0 Å². The lowest BCUT2D eigenvalue weighted by Crippen LogP contribution is -2.33. The third kappa shape index (κ3) is 3.22. The van der Waals surface area contributed by atoms with Gasteiger partial charge in [0, 0.05) is 12.5 Å². The van der Waals surface area contributed by atoms with Crippen molar-refractivity contribution >= 4 is 11.0 Å². The summed E-state index contributed by atoms with van der Waals surface area (Å²) in [5.74, 6) is 0.966. The standard InChI is InChI=1S/C17H25NO2/c1-5-9-18-17(14(6-2)19-4)16-11-13-10-12(3)7-8-15(13)20-16/h7-8,10-11,14,17-18H,5-6,9H2,1-4H3. The van der Waals surface area contributed by atoms with Crippen LogP contribution in [-0.4, -0.2) is 19.8 Å². The van der Waals surface area contributed by atoms with Crippen LogP contribution >= 0.6 is 0 Å². The van der Waals surface area contributed by atoms with Crippen LogP contribution in [0.15, 0.2) is 28.7 Å². The smallest absolute Gasteiger partial charge is 0.134 e. The summed E-state index contributed by atoms with van der Waals surface area (Å²) in [5, 5.41) is 4.71. The Hall–Kier alpha value is -1.32. The largest absolute Gasteiger partial charge is 0.459 e. The van der Waals surface area contributed by atoms with E-state index in [0.717, 1.165) is 36.1 Å². The molecule has 20 heavy (non-hydrogen) atoms. The van der Waals surface area contributed by atoms with E-state index in [9.17, 15) is 0 Å². The van der Waals surface area contributed by atoms with Crippen molar-refractivity contribution in [3.63, 3.8) is 0 Å². The maximum Gasteiger partial charge on any atom is 0.134 e. The van der Waals surface area contributed by atoms with Crippen LogP contribution in [0.2, 0.25) is 0 Å². The number of aryl methyl sites for hydroxylation is 1. The van der Waals surface area contributed by atoms with Crippen molar-refractivity contribution in [2.45, 2.75) is 45.8 Å². The fraction of sp³-hybridized carbons (Fsp3) is 0.529. The number of hydrogen-bond acceptors (Lipinski definition) is 3. The Kier molecular flexibility index (Phi) is 5.21. The van der Waals surface area contributed by atoms with Gasteiger partial charge in [-0.15, -0.1) is 0 Å². The lowest BCUT2D eigenvalue weighted by atomic mass is 10.0. The molecule has 0 aliphatic heterocycles. The maximum atomic E-state index is 6.02. The van der Waals surface area contributed by atoms with Gasteiger partial charge in [-0.05, 0) is 44.5 Å². The van der Waals surface area contributed by atoms with Crippen LogP contribution in [0.25, 0.3) is 11.0 Å². The van der Waals surface area contributed by atoms with E-state index in [-0.39, 0.29) is 12.1 Å². The summed E-state index contributed by atoms with van der Waals surface area (Å²) >= 11 is 0. The minimum absolute atomic E-state index is 0.109. The zero-order valence-electron chi connectivity index (χ0n) is 12.9. The van der Waals surface area contributed by atoms with E-state index in [2.05, 4.69) is 44.3 Å². The zero-order valence-corrected chi connectivity index (χ0v) is 12.9. The summed E-state index contributed by atoms with van der Waals surface area (Å²) in [6.07, 6.45) is 2.17. The second-order valence-electron chi connectivity index (χ2n) is 5.30. The molecule has 2 rings (SSSR count). The Morgan fingerprint density at radius 1 is 1.25 bits per heavy atom. The molecular formula is C17H25NO2. The lowest BCUT2D eigenvalue weighted by molar-refractivity contribution is 0.0585. The summed E-state index contributed by atoms with van der Waals surface area (Å²) in [6, 6.07) is 8.53. The van der Waals surface area contributed by atoms with Gasteiger partial charge in [-0.25, -0.2) is 0 Å². The first kappa shape index (κ1) is 15.1. The minimum Gasteiger partial charge on any atom is -0.459 e. The van der Waals surface area contributed by atoms with Gasteiger partial charge >= 0.3 is 0 Å². The average molecular weight is 275 g/mol. The van der Waals surface area contributed by atoms with Crippen LogP contribution in [-0.2, 0) is 4.74 Å².